The normalized spacial score (nSPS) is 12.5. The molecule has 0 radical (unpaired) electrons. The lowest BCUT2D eigenvalue weighted by Gasteiger charge is -2.18. The van der Waals surface area contributed by atoms with Crippen LogP contribution >= 0.6 is 0 Å². The summed E-state index contributed by atoms with van der Waals surface area (Å²) in [5.41, 5.74) is 1.84. The molecule has 8 rings (SSSR count). The van der Waals surface area contributed by atoms with Gasteiger partial charge in [-0.2, -0.15) is 0 Å². The largest absolute Gasteiger partial charge is 0.494 e. The maximum absolute atomic E-state index is 13.3. The van der Waals surface area contributed by atoms with Crippen molar-refractivity contribution >= 4 is 19.7 Å². The minimum absolute atomic E-state index is 0.125. The maximum atomic E-state index is 13.3. The van der Waals surface area contributed by atoms with E-state index in [1.165, 1.54) is 65.2 Å². The highest BCUT2D eigenvalue weighted by Crippen LogP contribution is 2.38. The van der Waals surface area contributed by atoms with Crippen molar-refractivity contribution in [3.8, 4) is 57.5 Å². The van der Waals surface area contributed by atoms with Gasteiger partial charge in [0.25, 0.3) is 0 Å². The zero-order chi connectivity index (χ0) is 48.6. The van der Waals surface area contributed by atoms with Crippen LogP contribution in [0.3, 0.4) is 0 Å². The number of sulfone groups is 2. The first kappa shape index (κ1) is 48.5. The molecule has 6 heterocycles. The summed E-state index contributed by atoms with van der Waals surface area (Å²) in [6.45, 7) is 3.16. The van der Waals surface area contributed by atoms with Gasteiger partial charge in [0, 0.05) is 24.2 Å². The number of para-hydroxylation sites is 2. The van der Waals surface area contributed by atoms with Crippen molar-refractivity contribution in [3.63, 3.8) is 0 Å². The molecule has 22 heteroatoms. The average molecular weight is 973 g/mol. The Kier molecular flexibility index (Phi) is 15.0. The molecule has 0 aliphatic rings. The van der Waals surface area contributed by atoms with Crippen molar-refractivity contribution in [1.29, 1.82) is 0 Å². The average Bonchev–Trinajstić information content (AvgIpc) is 4.19. The smallest absolute Gasteiger partial charge is 0.204 e. The molecule has 356 valence electrons. The van der Waals surface area contributed by atoms with Crippen molar-refractivity contribution in [2.45, 2.75) is 48.7 Å². The summed E-state index contributed by atoms with van der Waals surface area (Å²) in [6, 6.07) is 22.7. The molecule has 0 aliphatic heterocycles. The van der Waals surface area contributed by atoms with E-state index in [2.05, 4.69) is 30.4 Å². The molecule has 0 amide bonds. The summed E-state index contributed by atoms with van der Waals surface area (Å²) in [6.07, 6.45) is 5.35. The zero-order valence-electron chi connectivity index (χ0n) is 37.6. The number of hydrogen-bond acceptors (Lipinski definition) is 16. The molecular weight excluding hydrogens is 927 g/mol. The first-order chi connectivity index (χ1) is 32.7. The fraction of sp³-hybridized carbons (Fsp3) is 0.261. The maximum Gasteiger partial charge on any atom is 0.204 e. The van der Waals surface area contributed by atoms with Crippen molar-refractivity contribution in [1.82, 2.24) is 39.5 Å². The first-order valence-electron chi connectivity index (χ1n) is 20.7. The number of methoxy groups -OCH3 is 4. The number of halogens is 2. The van der Waals surface area contributed by atoms with Crippen LogP contribution in [0.4, 0.5) is 8.78 Å². The SMILES string of the molecule is COc1cccc(OC)c1-n1c(CS(=O)(=O)[C@@H](C)Cc2ccc(F)cn2)nnc1-c1ccco1.COc1cccc(OC)c1-n1c(CS(=O)(=O)[C@H](C)Cc2ccc(F)cn2)nnc1-c1ccco1. The minimum Gasteiger partial charge on any atom is -0.494 e. The predicted octanol–water partition coefficient (Wildman–Crippen LogP) is 7.25. The number of pyridine rings is 2. The molecule has 0 fully saturated rings. The quantitative estimate of drug-likeness (QED) is 0.0827. The van der Waals surface area contributed by atoms with Gasteiger partial charge in [0.05, 0.1) is 63.9 Å². The van der Waals surface area contributed by atoms with Gasteiger partial charge >= 0.3 is 0 Å². The molecule has 18 nitrogen and oxygen atoms in total. The second-order valence-electron chi connectivity index (χ2n) is 15.1. The molecule has 0 spiro atoms. The third-order valence-corrected chi connectivity index (χ3v) is 14.8. The third-order valence-electron chi connectivity index (χ3n) is 10.7. The molecule has 0 saturated carbocycles. The van der Waals surface area contributed by atoms with Crippen LogP contribution in [0.25, 0.3) is 34.5 Å². The van der Waals surface area contributed by atoms with Crippen LogP contribution < -0.4 is 18.9 Å². The highest BCUT2D eigenvalue weighted by atomic mass is 32.2. The van der Waals surface area contributed by atoms with E-state index < -0.39 is 53.3 Å². The Bertz CT molecular complexity index is 2910. The molecule has 0 saturated heterocycles. The lowest BCUT2D eigenvalue weighted by Crippen LogP contribution is -2.24. The second-order valence-corrected chi connectivity index (χ2v) is 19.9. The van der Waals surface area contributed by atoms with Gasteiger partial charge in [-0.3, -0.25) is 19.1 Å². The van der Waals surface area contributed by atoms with E-state index in [9.17, 15) is 25.6 Å². The molecule has 6 aromatic heterocycles. The number of aromatic nitrogens is 8. The van der Waals surface area contributed by atoms with Gasteiger partial charge in [0.15, 0.2) is 42.8 Å². The highest BCUT2D eigenvalue weighted by molar-refractivity contribution is 7.91. The Morgan fingerprint density at radius 3 is 1.19 bits per heavy atom. The Hall–Kier alpha value is -7.46. The molecule has 2 atom stereocenters. The van der Waals surface area contributed by atoms with Crippen LogP contribution in [0.15, 0.2) is 119 Å². The fourth-order valence-corrected chi connectivity index (χ4v) is 9.58. The van der Waals surface area contributed by atoms with Crippen molar-refractivity contribution < 1.29 is 53.4 Å². The molecule has 2 aromatic carbocycles. The summed E-state index contributed by atoms with van der Waals surface area (Å²) < 4.78 is 116. The minimum atomic E-state index is -3.72. The number of nitrogens with zero attached hydrogens (tertiary/aromatic N) is 8. The van der Waals surface area contributed by atoms with Crippen LogP contribution in [0.1, 0.15) is 36.9 Å². The summed E-state index contributed by atoms with van der Waals surface area (Å²) in [4.78, 5) is 7.94. The van der Waals surface area contributed by atoms with Gasteiger partial charge in [-0.25, -0.2) is 25.6 Å². The van der Waals surface area contributed by atoms with Gasteiger partial charge in [0.2, 0.25) is 11.6 Å². The number of hydrogen-bond donors (Lipinski definition) is 0. The number of ether oxygens (including phenoxy) is 4. The monoisotopic (exact) mass is 972 g/mol. The number of benzene rings is 2. The van der Waals surface area contributed by atoms with E-state index in [0.29, 0.717) is 68.9 Å². The fourth-order valence-electron chi connectivity index (χ4n) is 7.07. The van der Waals surface area contributed by atoms with Crippen LogP contribution in [0.5, 0.6) is 23.0 Å². The van der Waals surface area contributed by atoms with E-state index >= 15 is 0 Å². The summed E-state index contributed by atoms with van der Waals surface area (Å²) in [7, 11) is -1.42. The molecular formula is C46H46F2N8O10S2. The van der Waals surface area contributed by atoms with Crippen molar-refractivity contribution in [2.75, 3.05) is 28.4 Å². The van der Waals surface area contributed by atoms with Gasteiger partial charge in [0.1, 0.15) is 57.5 Å². The Balaban J connectivity index is 0.000000201. The van der Waals surface area contributed by atoms with Crippen molar-refractivity contribution in [3.05, 3.63) is 145 Å². The molecule has 68 heavy (non-hydrogen) atoms. The molecule has 8 aromatic rings. The van der Waals surface area contributed by atoms with Crippen LogP contribution in [-0.2, 0) is 44.0 Å². The van der Waals surface area contributed by atoms with Crippen LogP contribution in [0.2, 0.25) is 0 Å². The number of furan rings is 2. The van der Waals surface area contributed by atoms with Gasteiger partial charge in [-0.15, -0.1) is 20.4 Å². The highest BCUT2D eigenvalue weighted by Gasteiger charge is 2.31. The predicted molar refractivity (Wildman–Crippen MR) is 244 cm³/mol. The zero-order valence-corrected chi connectivity index (χ0v) is 39.2. The Morgan fingerprint density at radius 1 is 0.529 bits per heavy atom. The molecule has 0 bridgehead atoms. The molecule has 0 aliphatic carbocycles. The molecule has 0 unspecified atom stereocenters. The molecule has 0 N–H and O–H groups in total. The van der Waals surface area contributed by atoms with E-state index in [0.717, 1.165) is 12.4 Å². The van der Waals surface area contributed by atoms with Crippen LogP contribution in [-0.4, -0.2) is 95.3 Å². The van der Waals surface area contributed by atoms with E-state index in [4.69, 9.17) is 27.8 Å². The van der Waals surface area contributed by atoms with Crippen molar-refractivity contribution in [2.24, 2.45) is 0 Å². The van der Waals surface area contributed by atoms with E-state index in [-0.39, 0.29) is 24.5 Å². The van der Waals surface area contributed by atoms with Gasteiger partial charge < -0.3 is 27.8 Å². The standard InChI is InChI=1S/2C23H23FN4O5S/c2*1-15(12-17-10-9-16(24)13-25-17)34(29,30)14-21-26-27-23(20-8-5-11-33-20)28(21)22-18(31-2)6-4-7-19(22)32-3/h2*4-11,13,15H,12,14H2,1-3H3/t2*15-/m10/s1. The van der Waals surface area contributed by atoms with E-state index in [1.807, 2.05) is 0 Å². The second kappa shape index (κ2) is 21.0. The van der Waals surface area contributed by atoms with Crippen LogP contribution in [0, 0.1) is 11.6 Å². The third kappa shape index (κ3) is 10.7. The summed E-state index contributed by atoms with van der Waals surface area (Å²) in [5.74, 6) is 1.67. The summed E-state index contributed by atoms with van der Waals surface area (Å²) in [5, 5.41) is 15.2. The van der Waals surface area contributed by atoms with Gasteiger partial charge in [-0.1, -0.05) is 12.1 Å². The lowest BCUT2D eigenvalue weighted by atomic mass is 10.2. The van der Waals surface area contributed by atoms with E-state index in [1.54, 1.807) is 83.6 Å². The lowest BCUT2D eigenvalue weighted by molar-refractivity contribution is 0.390. The topological polar surface area (TPSA) is 219 Å². The van der Waals surface area contributed by atoms with Gasteiger partial charge in [-0.05, 0) is 86.6 Å². The Labute approximate surface area is 390 Å². The summed E-state index contributed by atoms with van der Waals surface area (Å²) >= 11 is 0. The Morgan fingerprint density at radius 2 is 0.897 bits per heavy atom. The number of rotatable bonds is 18. The first-order valence-corrected chi connectivity index (χ1v) is 24.1.